The molecule has 0 aliphatic heterocycles. The molecular formula is C16H29NO4. The Kier molecular flexibility index (Phi) is 19.0. The van der Waals surface area contributed by atoms with Gasteiger partial charge < -0.3 is 19.9 Å². The van der Waals surface area contributed by atoms with E-state index in [2.05, 4.69) is 0 Å². The van der Waals surface area contributed by atoms with Gasteiger partial charge in [-0.2, -0.15) is 0 Å². The first kappa shape index (κ1) is 21.7. The second-order valence-corrected chi connectivity index (χ2v) is 3.29. The minimum atomic E-state index is -0.475. The van der Waals surface area contributed by atoms with Crippen LogP contribution in [0.25, 0.3) is 0 Å². The molecule has 5 heteroatoms. The number of primary amides is 1. The lowest BCUT2D eigenvalue weighted by molar-refractivity contribution is -0.123. The summed E-state index contributed by atoms with van der Waals surface area (Å²) < 4.78 is 15.6. The van der Waals surface area contributed by atoms with Gasteiger partial charge in [0.15, 0.2) is 0 Å². The molecule has 21 heavy (non-hydrogen) atoms. The summed E-state index contributed by atoms with van der Waals surface area (Å²) in [7, 11) is 0. The topological polar surface area (TPSA) is 70.8 Å². The fourth-order valence-corrected chi connectivity index (χ4v) is 1.13. The van der Waals surface area contributed by atoms with Gasteiger partial charge in [0, 0.05) is 0 Å². The van der Waals surface area contributed by atoms with Crippen molar-refractivity contribution in [1.82, 2.24) is 0 Å². The summed E-state index contributed by atoms with van der Waals surface area (Å²) in [5.41, 5.74) is 4.89. The largest absolute Gasteiger partial charge is 0.491 e. The van der Waals surface area contributed by atoms with Crippen molar-refractivity contribution in [2.45, 2.75) is 27.7 Å². The second kappa shape index (κ2) is 18.4. The van der Waals surface area contributed by atoms with Gasteiger partial charge in [0.05, 0.1) is 19.8 Å². The molecule has 0 saturated heterocycles. The molecule has 0 saturated carbocycles. The van der Waals surface area contributed by atoms with Crippen LogP contribution < -0.4 is 10.5 Å². The van der Waals surface area contributed by atoms with E-state index in [1.165, 1.54) is 0 Å². The summed E-state index contributed by atoms with van der Waals surface area (Å²) in [4.78, 5) is 10.3. The Morgan fingerprint density at radius 3 is 2.00 bits per heavy atom. The predicted octanol–water partition coefficient (Wildman–Crippen LogP) is 2.64. The number of carbonyl (C=O) groups is 1. The molecule has 5 nitrogen and oxygen atoms in total. The second-order valence-electron chi connectivity index (χ2n) is 3.29. The zero-order chi connectivity index (χ0) is 16.3. The van der Waals surface area contributed by atoms with Gasteiger partial charge >= 0.3 is 0 Å². The molecule has 122 valence electrons. The highest BCUT2D eigenvalue weighted by Crippen LogP contribution is 2.07. The minimum absolute atomic E-state index is 0.0656. The van der Waals surface area contributed by atoms with Crippen LogP contribution in [0.15, 0.2) is 30.3 Å². The third kappa shape index (κ3) is 16.4. The molecule has 0 aliphatic carbocycles. The van der Waals surface area contributed by atoms with Gasteiger partial charge in [-0.25, -0.2) is 0 Å². The first-order chi connectivity index (χ1) is 10.3. The molecule has 1 aromatic carbocycles. The van der Waals surface area contributed by atoms with Crippen LogP contribution in [0, 0.1) is 0 Å². The third-order valence-electron chi connectivity index (χ3n) is 1.86. The number of hydrogen-bond donors (Lipinski definition) is 1. The number of nitrogens with two attached hydrogens (primary N) is 1. The number of hydrogen-bond acceptors (Lipinski definition) is 4. The average Bonchev–Trinajstić information content (AvgIpc) is 2.54. The molecule has 0 unspecified atom stereocenters. The fraction of sp³-hybridized carbons (Fsp3) is 0.562. The molecule has 1 amide bonds. The van der Waals surface area contributed by atoms with Gasteiger partial charge in [0.25, 0.3) is 0 Å². The zero-order valence-corrected chi connectivity index (χ0v) is 13.6. The van der Waals surface area contributed by atoms with Gasteiger partial charge in [-0.05, 0) is 12.1 Å². The molecule has 0 radical (unpaired) electrons. The van der Waals surface area contributed by atoms with Crippen molar-refractivity contribution in [2.24, 2.45) is 5.73 Å². The monoisotopic (exact) mass is 299 g/mol. The maximum atomic E-state index is 10.3. The lowest BCUT2D eigenvalue weighted by Gasteiger charge is -2.06. The molecule has 0 atom stereocenters. The highest BCUT2D eigenvalue weighted by atomic mass is 16.5. The van der Waals surface area contributed by atoms with Crippen LogP contribution >= 0.6 is 0 Å². The third-order valence-corrected chi connectivity index (χ3v) is 1.86. The quantitative estimate of drug-likeness (QED) is 0.712. The molecule has 1 rings (SSSR count). The summed E-state index contributed by atoms with van der Waals surface area (Å²) in [6, 6.07) is 9.52. The van der Waals surface area contributed by atoms with Crippen LogP contribution in [0.2, 0.25) is 0 Å². The van der Waals surface area contributed by atoms with Gasteiger partial charge in [0.1, 0.15) is 19.0 Å². The van der Waals surface area contributed by atoms with Crippen LogP contribution in [-0.2, 0) is 14.3 Å². The summed E-state index contributed by atoms with van der Waals surface area (Å²) in [6.45, 7) is 9.68. The highest BCUT2D eigenvalue weighted by molar-refractivity contribution is 5.74. The Balaban J connectivity index is 0. The lowest BCUT2D eigenvalue weighted by atomic mass is 10.3. The van der Waals surface area contributed by atoms with Gasteiger partial charge in [-0.3, -0.25) is 4.79 Å². The van der Waals surface area contributed by atoms with Crippen LogP contribution in [0.1, 0.15) is 27.7 Å². The van der Waals surface area contributed by atoms with Crippen LogP contribution in [0.4, 0.5) is 0 Å². The number of amides is 1. The van der Waals surface area contributed by atoms with Crippen molar-refractivity contribution in [3.8, 4) is 5.75 Å². The molecule has 2 N–H and O–H groups in total. The van der Waals surface area contributed by atoms with Gasteiger partial charge in [0.2, 0.25) is 5.91 Å². The Bertz CT molecular complexity index is 317. The van der Waals surface area contributed by atoms with Crippen molar-refractivity contribution in [3.63, 3.8) is 0 Å². The van der Waals surface area contributed by atoms with Gasteiger partial charge in [-0.1, -0.05) is 45.9 Å². The molecule has 0 fully saturated rings. The van der Waals surface area contributed by atoms with Crippen molar-refractivity contribution in [3.05, 3.63) is 30.3 Å². The zero-order valence-electron chi connectivity index (χ0n) is 13.6. The van der Waals surface area contributed by atoms with E-state index >= 15 is 0 Å². The van der Waals surface area contributed by atoms with E-state index in [1.54, 1.807) is 0 Å². The SMILES string of the molecule is CC.CC.NC(=O)COCCOCCOc1ccccc1. The number of carbonyl (C=O) groups excluding carboxylic acids is 1. The van der Waals surface area contributed by atoms with E-state index in [4.69, 9.17) is 19.9 Å². The minimum Gasteiger partial charge on any atom is -0.491 e. The van der Waals surface area contributed by atoms with Gasteiger partial charge in [-0.15, -0.1) is 0 Å². The first-order valence-electron chi connectivity index (χ1n) is 7.40. The maximum Gasteiger partial charge on any atom is 0.243 e. The van der Waals surface area contributed by atoms with E-state index in [0.29, 0.717) is 26.4 Å². The van der Waals surface area contributed by atoms with Crippen molar-refractivity contribution in [2.75, 3.05) is 33.0 Å². The van der Waals surface area contributed by atoms with E-state index in [0.717, 1.165) is 5.75 Å². The number of para-hydroxylation sites is 1. The Hall–Kier alpha value is -1.59. The number of benzene rings is 1. The first-order valence-corrected chi connectivity index (χ1v) is 7.40. The summed E-state index contributed by atoms with van der Waals surface area (Å²) in [6.07, 6.45) is 0. The van der Waals surface area contributed by atoms with E-state index < -0.39 is 5.91 Å². The molecule has 0 heterocycles. The molecule has 1 aromatic rings. The van der Waals surface area contributed by atoms with E-state index in [1.807, 2.05) is 58.0 Å². The standard InChI is InChI=1S/C12H17NO4.2C2H6/c13-12(14)10-16-7-6-15-8-9-17-11-4-2-1-3-5-11;2*1-2/h1-5H,6-10H2,(H2,13,14);2*1-2H3. The normalized spacial score (nSPS) is 8.76. The van der Waals surface area contributed by atoms with E-state index in [9.17, 15) is 4.79 Å². The molecular weight excluding hydrogens is 270 g/mol. The average molecular weight is 299 g/mol. The van der Waals surface area contributed by atoms with E-state index in [-0.39, 0.29) is 6.61 Å². The Morgan fingerprint density at radius 1 is 0.905 bits per heavy atom. The predicted molar refractivity (Wildman–Crippen MR) is 85.5 cm³/mol. The molecule has 0 bridgehead atoms. The number of ether oxygens (including phenoxy) is 3. The van der Waals surface area contributed by atoms with Crippen molar-refractivity contribution >= 4 is 5.91 Å². The highest BCUT2D eigenvalue weighted by Gasteiger charge is 1.95. The Morgan fingerprint density at radius 2 is 1.43 bits per heavy atom. The fourth-order valence-electron chi connectivity index (χ4n) is 1.13. The lowest BCUT2D eigenvalue weighted by Crippen LogP contribution is -2.20. The molecule has 0 aliphatic rings. The smallest absolute Gasteiger partial charge is 0.243 e. The number of rotatable bonds is 9. The molecule has 0 spiro atoms. The van der Waals surface area contributed by atoms with Crippen molar-refractivity contribution < 1.29 is 19.0 Å². The Labute approximate surface area is 128 Å². The summed E-state index contributed by atoms with van der Waals surface area (Å²) >= 11 is 0. The summed E-state index contributed by atoms with van der Waals surface area (Å²) in [5, 5.41) is 0. The van der Waals surface area contributed by atoms with Crippen molar-refractivity contribution in [1.29, 1.82) is 0 Å². The summed E-state index contributed by atoms with van der Waals surface area (Å²) in [5.74, 6) is 0.346. The van der Waals surface area contributed by atoms with Crippen LogP contribution in [0.5, 0.6) is 5.75 Å². The maximum absolute atomic E-state index is 10.3. The van der Waals surface area contributed by atoms with Crippen LogP contribution in [-0.4, -0.2) is 38.9 Å². The van der Waals surface area contributed by atoms with Crippen LogP contribution in [0.3, 0.4) is 0 Å². The molecule has 0 aromatic heterocycles.